The van der Waals surface area contributed by atoms with Crippen LogP contribution in [-0.4, -0.2) is 46.3 Å². The molecule has 0 radical (unpaired) electrons. The second-order valence-electron chi connectivity index (χ2n) is 5.03. The summed E-state index contributed by atoms with van der Waals surface area (Å²) in [4.78, 5) is 24.5. The second kappa shape index (κ2) is 8.26. The Bertz CT molecular complexity index is 471. The van der Waals surface area contributed by atoms with E-state index in [1.54, 1.807) is 17.0 Å². The molecular formula is C15H22N2O4. The fourth-order valence-corrected chi connectivity index (χ4v) is 1.88. The predicted octanol–water partition coefficient (Wildman–Crippen LogP) is 1.69. The number of rotatable bonds is 7. The molecule has 6 nitrogen and oxygen atoms in total. The van der Waals surface area contributed by atoms with Gasteiger partial charge in [0.2, 0.25) is 0 Å². The molecule has 1 aromatic carbocycles. The highest BCUT2D eigenvalue weighted by molar-refractivity contribution is 5.87. The van der Waals surface area contributed by atoms with Crippen LogP contribution >= 0.6 is 0 Å². The predicted molar refractivity (Wildman–Crippen MR) is 79.2 cm³/mol. The van der Waals surface area contributed by atoms with Crippen molar-refractivity contribution >= 4 is 12.0 Å². The standard InChI is InChI=1S/C15H22N2O4/c1-11(2)17(8-3-9-18)15(21)16-10-12-4-6-13(7-5-12)14(19)20/h4-7,11,18H,3,8-10H2,1-2H3,(H,16,21)(H,19,20). The van der Waals surface area contributed by atoms with Gasteiger partial charge in [-0.25, -0.2) is 9.59 Å². The molecule has 0 aliphatic carbocycles. The van der Waals surface area contributed by atoms with E-state index in [9.17, 15) is 9.59 Å². The first-order valence-electron chi connectivity index (χ1n) is 6.93. The Morgan fingerprint density at radius 3 is 2.33 bits per heavy atom. The van der Waals surface area contributed by atoms with Gasteiger partial charge in [0.1, 0.15) is 0 Å². The van der Waals surface area contributed by atoms with Crippen LogP contribution in [0.15, 0.2) is 24.3 Å². The SMILES string of the molecule is CC(C)N(CCCO)C(=O)NCc1ccc(C(=O)O)cc1. The Balaban J connectivity index is 2.55. The lowest BCUT2D eigenvalue weighted by molar-refractivity contribution is 0.0696. The van der Waals surface area contributed by atoms with Crippen LogP contribution in [0, 0.1) is 0 Å². The number of carbonyl (C=O) groups excluding carboxylic acids is 1. The number of carboxylic acid groups (broad SMARTS) is 1. The van der Waals surface area contributed by atoms with E-state index in [0.29, 0.717) is 19.5 Å². The third-order valence-corrected chi connectivity index (χ3v) is 3.09. The van der Waals surface area contributed by atoms with E-state index in [1.165, 1.54) is 12.1 Å². The number of hydrogen-bond acceptors (Lipinski definition) is 3. The van der Waals surface area contributed by atoms with Crippen LogP contribution in [0.2, 0.25) is 0 Å². The maximum absolute atomic E-state index is 12.1. The number of urea groups is 1. The molecule has 1 aromatic rings. The third kappa shape index (κ3) is 5.43. The Labute approximate surface area is 124 Å². The fourth-order valence-electron chi connectivity index (χ4n) is 1.88. The molecule has 0 aromatic heterocycles. The van der Waals surface area contributed by atoms with E-state index >= 15 is 0 Å². The Morgan fingerprint density at radius 1 is 1.24 bits per heavy atom. The molecule has 0 fully saturated rings. The molecule has 0 unspecified atom stereocenters. The number of nitrogens with zero attached hydrogens (tertiary/aromatic N) is 1. The molecule has 0 saturated carbocycles. The summed E-state index contributed by atoms with van der Waals surface area (Å²) in [7, 11) is 0. The molecule has 1 rings (SSSR count). The van der Waals surface area contributed by atoms with Crippen LogP contribution in [0.25, 0.3) is 0 Å². The monoisotopic (exact) mass is 294 g/mol. The van der Waals surface area contributed by atoms with Crippen molar-refractivity contribution in [1.82, 2.24) is 10.2 Å². The number of amides is 2. The number of carboxylic acids is 1. The molecule has 6 heteroatoms. The van der Waals surface area contributed by atoms with Gasteiger partial charge in [0.05, 0.1) is 5.56 Å². The van der Waals surface area contributed by atoms with Gasteiger partial charge in [-0.1, -0.05) is 12.1 Å². The van der Waals surface area contributed by atoms with Crippen molar-refractivity contribution in [2.24, 2.45) is 0 Å². The minimum Gasteiger partial charge on any atom is -0.478 e. The van der Waals surface area contributed by atoms with E-state index < -0.39 is 5.97 Å². The summed E-state index contributed by atoms with van der Waals surface area (Å²) in [5.41, 5.74) is 1.05. The van der Waals surface area contributed by atoms with Gasteiger partial charge in [-0.05, 0) is 38.0 Å². The van der Waals surface area contributed by atoms with Gasteiger partial charge < -0.3 is 20.4 Å². The van der Waals surface area contributed by atoms with Gasteiger partial charge in [0, 0.05) is 25.7 Å². The zero-order valence-electron chi connectivity index (χ0n) is 12.4. The number of aromatic carboxylic acids is 1. The van der Waals surface area contributed by atoms with Crippen molar-refractivity contribution in [3.63, 3.8) is 0 Å². The molecule has 2 amide bonds. The molecule has 0 atom stereocenters. The Hall–Kier alpha value is -2.08. The Kier molecular flexibility index (Phi) is 6.68. The van der Waals surface area contributed by atoms with Crippen LogP contribution in [0.5, 0.6) is 0 Å². The topological polar surface area (TPSA) is 89.9 Å². The highest BCUT2D eigenvalue weighted by atomic mass is 16.4. The zero-order chi connectivity index (χ0) is 15.8. The molecule has 0 saturated heterocycles. The highest BCUT2D eigenvalue weighted by Crippen LogP contribution is 2.05. The lowest BCUT2D eigenvalue weighted by Gasteiger charge is -2.26. The van der Waals surface area contributed by atoms with E-state index in [1.807, 2.05) is 13.8 Å². The maximum Gasteiger partial charge on any atom is 0.335 e. The van der Waals surface area contributed by atoms with E-state index in [0.717, 1.165) is 5.56 Å². The molecule has 0 spiro atoms. The number of aliphatic hydroxyl groups excluding tert-OH is 1. The smallest absolute Gasteiger partial charge is 0.335 e. The van der Waals surface area contributed by atoms with Gasteiger partial charge in [0.15, 0.2) is 0 Å². The number of carbonyl (C=O) groups is 2. The summed E-state index contributed by atoms with van der Waals surface area (Å²) < 4.78 is 0. The largest absolute Gasteiger partial charge is 0.478 e. The van der Waals surface area contributed by atoms with Crippen LogP contribution in [-0.2, 0) is 6.54 Å². The highest BCUT2D eigenvalue weighted by Gasteiger charge is 2.15. The van der Waals surface area contributed by atoms with Crippen LogP contribution in [0.1, 0.15) is 36.2 Å². The average Bonchev–Trinajstić information content (AvgIpc) is 2.45. The van der Waals surface area contributed by atoms with Crippen molar-refractivity contribution in [1.29, 1.82) is 0 Å². The molecular weight excluding hydrogens is 272 g/mol. The first-order chi connectivity index (χ1) is 9.95. The first kappa shape index (κ1) is 17.0. The Morgan fingerprint density at radius 2 is 1.86 bits per heavy atom. The lowest BCUT2D eigenvalue weighted by Crippen LogP contribution is -2.44. The first-order valence-corrected chi connectivity index (χ1v) is 6.93. The summed E-state index contributed by atoms with van der Waals surface area (Å²) in [6, 6.07) is 6.23. The molecule has 21 heavy (non-hydrogen) atoms. The minimum absolute atomic E-state index is 0.0472. The van der Waals surface area contributed by atoms with Crippen molar-refractivity contribution in [3.05, 3.63) is 35.4 Å². The normalized spacial score (nSPS) is 10.5. The van der Waals surface area contributed by atoms with Crippen molar-refractivity contribution in [2.75, 3.05) is 13.2 Å². The van der Waals surface area contributed by atoms with E-state index in [4.69, 9.17) is 10.2 Å². The van der Waals surface area contributed by atoms with Gasteiger partial charge in [-0.3, -0.25) is 0 Å². The number of hydrogen-bond donors (Lipinski definition) is 3. The van der Waals surface area contributed by atoms with Crippen molar-refractivity contribution < 1.29 is 19.8 Å². The van der Waals surface area contributed by atoms with Gasteiger partial charge in [0.25, 0.3) is 0 Å². The number of aliphatic hydroxyl groups is 1. The fraction of sp³-hybridized carbons (Fsp3) is 0.467. The molecule has 3 N–H and O–H groups in total. The minimum atomic E-state index is -0.972. The lowest BCUT2D eigenvalue weighted by atomic mass is 10.1. The number of benzene rings is 1. The molecule has 0 heterocycles. The average molecular weight is 294 g/mol. The second-order valence-corrected chi connectivity index (χ2v) is 5.03. The number of nitrogens with one attached hydrogen (secondary N) is 1. The summed E-state index contributed by atoms with van der Waals surface area (Å²) in [6.45, 7) is 4.71. The maximum atomic E-state index is 12.1. The van der Waals surface area contributed by atoms with Crippen LogP contribution in [0.4, 0.5) is 4.79 Å². The third-order valence-electron chi connectivity index (χ3n) is 3.09. The van der Waals surface area contributed by atoms with Crippen molar-refractivity contribution in [3.8, 4) is 0 Å². The zero-order valence-corrected chi connectivity index (χ0v) is 12.4. The summed E-state index contributed by atoms with van der Waals surface area (Å²) in [6.07, 6.45) is 0.541. The summed E-state index contributed by atoms with van der Waals surface area (Å²) >= 11 is 0. The molecule has 0 bridgehead atoms. The molecule has 0 aliphatic heterocycles. The van der Waals surface area contributed by atoms with Gasteiger partial charge in [-0.15, -0.1) is 0 Å². The van der Waals surface area contributed by atoms with Crippen LogP contribution < -0.4 is 5.32 Å². The summed E-state index contributed by atoms with van der Waals surface area (Å²) in [5, 5.41) is 20.5. The van der Waals surface area contributed by atoms with Gasteiger partial charge in [-0.2, -0.15) is 0 Å². The van der Waals surface area contributed by atoms with E-state index in [-0.39, 0.29) is 24.2 Å². The van der Waals surface area contributed by atoms with Crippen LogP contribution in [0.3, 0.4) is 0 Å². The quantitative estimate of drug-likeness (QED) is 0.714. The molecule has 116 valence electrons. The summed E-state index contributed by atoms with van der Waals surface area (Å²) in [5.74, 6) is -0.972. The van der Waals surface area contributed by atoms with Gasteiger partial charge >= 0.3 is 12.0 Å². The van der Waals surface area contributed by atoms with Crippen molar-refractivity contribution in [2.45, 2.75) is 32.9 Å². The van der Waals surface area contributed by atoms with E-state index in [2.05, 4.69) is 5.32 Å². The molecule has 0 aliphatic rings.